The van der Waals surface area contributed by atoms with E-state index in [9.17, 15) is 4.79 Å². The molecule has 126 valence electrons. The summed E-state index contributed by atoms with van der Waals surface area (Å²) in [5.41, 5.74) is 1.39. The Hall–Kier alpha value is -1.39. The first-order chi connectivity index (χ1) is 11.3. The van der Waals surface area contributed by atoms with Gasteiger partial charge in [-0.15, -0.1) is 0 Å². The normalized spacial score (nSPS) is 23.6. The first-order valence-electron chi connectivity index (χ1n) is 9.08. The molecule has 0 spiro atoms. The number of rotatable bonds is 5. The van der Waals surface area contributed by atoms with Crippen molar-refractivity contribution in [1.29, 1.82) is 0 Å². The van der Waals surface area contributed by atoms with Crippen molar-refractivity contribution in [2.45, 2.75) is 44.7 Å². The lowest BCUT2D eigenvalue weighted by Gasteiger charge is -2.32. The van der Waals surface area contributed by atoms with Crippen molar-refractivity contribution in [1.82, 2.24) is 15.5 Å². The van der Waals surface area contributed by atoms with Crippen LogP contribution in [0.5, 0.6) is 0 Å². The average Bonchev–Trinajstić information content (AvgIpc) is 2.62. The number of benzene rings is 1. The molecule has 2 saturated heterocycles. The number of hydrogen-bond acceptors (Lipinski definition) is 3. The third kappa shape index (κ3) is 5.05. The number of nitrogens with zero attached hydrogens (tertiary/aromatic N) is 1. The second-order valence-corrected chi connectivity index (χ2v) is 6.95. The Morgan fingerprint density at radius 1 is 1.13 bits per heavy atom. The Bertz CT molecular complexity index is 477. The molecule has 1 amide bonds. The lowest BCUT2D eigenvalue weighted by Crippen LogP contribution is -2.48. The summed E-state index contributed by atoms with van der Waals surface area (Å²) >= 11 is 0. The minimum atomic E-state index is 0.0434. The molecular formula is C19H29N3O. The minimum Gasteiger partial charge on any atom is -0.354 e. The van der Waals surface area contributed by atoms with E-state index in [0.717, 1.165) is 39.1 Å². The SMILES string of the molecule is O=C(NCC1CCN(Cc2ccccc2)CC1)[C@H]1CCCCN1. The van der Waals surface area contributed by atoms with Gasteiger partial charge in [-0.2, -0.15) is 0 Å². The number of carbonyl (C=O) groups excluding carboxylic acids is 1. The maximum absolute atomic E-state index is 12.2. The zero-order valence-corrected chi connectivity index (χ0v) is 14.0. The summed E-state index contributed by atoms with van der Waals surface area (Å²) in [6.07, 6.45) is 5.73. The highest BCUT2D eigenvalue weighted by molar-refractivity contribution is 5.81. The van der Waals surface area contributed by atoms with Crippen LogP contribution in [0.4, 0.5) is 0 Å². The third-order valence-corrected chi connectivity index (χ3v) is 5.15. The largest absolute Gasteiger partial charge is 0.354 e. The second kappa shape index (κ2) is 8.46. The number of nitrogens with one attached hydrogen (secondary N) is 2. The molecule has 1 aromatic rings. The molecule has 0 unspecified atom stereocenters. The van der Waals surface area contributed by atoms with Gasteiger partial charge in [-0.05, 0) is 56.8 Å². The fourth-order valence-corrected chi connectivity index (χ4v) is 3.63. The number of hydrogen-bond donors (Lipinski definition) is 2. The fourth-order valence-electron chi connectivity index (χ4n) is 3.63. The zero-order valence-electron chi connectivity index (χ0n) is 14.0. The maximum atomic E-state index is 12.2. The molecule has 2 fully saturated rings. The topological polar surface area (TPSA) is 44.4 Å². The molecule has 3 rings (SSSR count). The van der Waals surface area contributed by atoms with Crippen molar-refractivity contribution in [2.75, 3.05) is 26.2 Å². The molecule has 0 bridgehead atoms. The van der Waals surface area contributed by atoms with E-state index in [1.54, 1.807) is 0 Å². The average molecular weight is 315 g/mol. The summed E-state index contributed by atoms with van der Waals surface area (Å²) in [6, 6.07) is 10.7. The van der Waals surface area contributed by atoms with E-state index in [4.69, 9.17) is 0 Å². The molecule has 0 saturated carbocycles. The second-order valence-electron chi connectivity index (χ2n) is 6.95. The van der Waals surface area contributed by atoms with Crippen LogP contribution in [0.2, 0.25) is 0 Å². The summed E-state index contributed by atoms with van der Waals surface area (Å²) in [5, 5.41) is 6.49. The molecule has 4 nitrogen and oxygen atoms in total. The fraction of sp³-hybridized carbons (Fsp3) is 0.632. The molecule has 23 heavy (non-hydrogen) atoms. The predicted octanol–water partition coefficient (Wildman–Crippen LogP) is 2.16. The monoisotopic (exact) mass is 315 g/mol. The van der Waals surface area contributed by atoms with Crippen LogP contribution in [0.3, 0.4) is 0 Å². The van der Waals surface area contributed by atoms with Crippen LogP contribution in [0.25, 0.3) is 0 Å². The van der Waals surface area contributed by atoms with E-state index in [2.05, 4.69) is 45.9 Å². The van der Waals surface area contributed by atoms with Gasteiger partial charge >= 0.3 is 0 Å². The molecule has 0 aromatic heterocycles. The van der Waals surface area contributed by atoms with Crippen LogP contribution in [0, 0.1) is 5.92 Å². The van der Waals surface area contributed by atoms with E-state index in [1.807, 2.05) is 0 Å². The van der Waals surface area contributed by atoms with Gasteiger partial charge in [0.1, 0.15) is 0 Å². The summed E-state index contributed by atoms with van der Waals surface area (Å²) in [4.78, 5) is 14.7. The van der Waals surface area contributed by atoms with Gasteiger partial charge in [-0.1, -0.05) is 36.8 Å². The van der Waals surface area contributed by atoms with Crippen LogP contribution < -0.4 is 10.6 Å². The highest BCUT2D eigenvalue weighted by atomic mass is 16.2. The van der Waals surface area contributed by atoms with Crippen LogP contribution in [-0.4, -0.2) is 43.0 Å². The van der Waals surface area contributed by atoms with Crippen molar-refractivity contribution >= 4 is 5.91 Å². The van der Waals surface area contributed by atoms with E-state index in [-0.39, 0.29) is 11.9 Å². The van der Waals surface area contributed by atoms with Gasteiger partial charge < -0.3 is 10.6 Å². The predicted molar refractivity (Wildman–Crippen MR) is 93.1 cm³/mol. The molecule has 2 aliphatic rings. The highest BCUT2D eigenvalue weighted by Crippen LogP contribution is 2.18. The Kier molecular flexibility index (Phi) is 6.06. The van der Waals surface area contributed by atoms with Gasteiger partial charge in [-0.3, -0.25) is 9.69 Å². The Morgan fingerprint density at radius 3 is 2.61 bits per heavy atom. The minimum absolute atomic E-state index is 0.0434. The van der Waals surface area contributed by atoms with E-state index >= 15 is 0 Å². The van der Waals surface area contributed by atoms with Crippen molar-refractivity contribution in [3.63, 3.8) is 0 Å². The zero-order chi connectivity index (χ0) is 15.9. The van der Waals surface area contributed by atoms with Gasteiger partial charge in [-0.25, -0.2) is 0 Å². The molecule has 2 heterocycles. The standard InChI is InChI=1S/C19H29N3O/c23-19(18-8-4-5-11-20-18)21-14-16-9-12-22(13-10-16)15-17-6-2-1-3-7-17/h1-3,6-7,16,18,20H,4-5,8-15H2,(H,21,23)/t18-/m1/s1. The van der Waals surface area contributed by atoms with Crippen molar-refractivity contribution in [3.8, 4) is 0 Å². The number of carbonyl (C=O) groups is 1. The van der Waals surface area contributed by atoms with E-state index in [0.29, 0.717) is 5.92 Å². The van der Waals surface area contributed by atoms with Gasteiger partial charge in [0, 0.05) is 13.1 Å². The molecule has 0 aliphatic carbocycles. The summed E-state index contributed by atoms with van der Waals surface area (Å²) in [5.74, 6) is 0.839. The molecule has 4 heteroatoms. The third-order valence-electron chi connectivity index (χ3n) is 5.15. The Balaban J connectivity index is 1.35. The Morgan fingerprint density at radius 2 is 1.91 bits per heavy atom. The molecule has 2 N–H and O–H groups in total. The van der Waals surface area contributed by atoms with Crippen molar-refractivity contribution in [3.05, 3.63) is 35.9 Å². The van der Waals surface area contributed by atoms with Crippen LogP contribution in [0.1, 0.15) is 37.7 Å². The Labute approximate surface area is 139 Å². The summed E-state index contributed by atoms with van der Waals surface area (Å²) < 4.78 is 0. The van der Waals surface area contributed by atoms with Gasteiger partial charge in [0.05, 0.1) is 6.04 Å². The first kappa shape index (κ1) is 16.5. The molecule has 1 aromatic carbocycles. The number of amides is 1. The van der Waals surface area contributed by atoms with Crippen LogP contribution >= 0.6 is 0 Å². The quantitative estimate of drug-likeness (QED) is 0.875. The van der Waals surface area contributed by atoms with Gasteiger partial charge in [0.2, 0.25) is 5.91 Å². The lowest BCUT2D eigenvalue weighted by atomic mass is 9.96. The smallest absolute Gasteiger partial charge is 0.237 e. The molecule has 0 radical (unpaired) electrons. The van der Waals surface area contributed by atoms with Gasteiger partial charge in [0.25, 0.3) is 0 Å². The van der Waals surface area contributed by atoms with Gasteiger partial charge in [0.15, 0.2) is 0 Å². The van der Waals surface area contributed by atoms with Crippen LogP contribution in [-0.2, 0) is 11.3 Å². The molecular weight excluding hydrogens is 286 g/mol. The highest BCUT2D eigenvalue weighted by Gasteiger charge is 2.23. The summed E-state index contributed by atoms with van der Waals surface area (Å²) in [7, 11) is 0. The maximum Gasteiger partial charge on any atom is 0.237 e. The van der Waals surface area contributed by atoms with Crippen LogP contribution in [0.15, 0.2) is 30.3 Å². The number of piperidine rings is 2. The van der Waals surface area contributed by atoms with E-state index in [1.165, 1.54) is 31.2 Å². The summed E-state index contributed by atoms with van der Waals surface area (Å²) in [6.45, 7) is 5.15. The first-order valence-corrected chi connectivity index (χ1v) is 9.08. The van der Waals surface area contributed by atoms with Crippen molar-refractivity contribution in [2.24, 2.45) is 5.92 Å². The lowest BCUT2D eigenvalue weighted by molar-refractivity contribution is -0.123. The number of likely N-dealkylation sites (tertiary alicyclic amines) is 1. The molecule has 1 atom stereocenters. The van der Waals surface area contributed by atoms with Crippen molar-refractivity contribution < 1.29 is 4.79 Å². The van der Waals surface area contributed by atoms with E-state index < -0.39 is 0 Å². The molecule has 2 aliphatic heterocycles.